The third-order valence-electron chi connectivity index (χ3n) is 5.40. The number of sulfonamides is 1. The summed E-state index contributed by atoms with van der Waals surface area (Å²) >= 11 is 0. The highest BCUT2D eigenvalue weighted by Gasteiger charge is 2.24. The van der Waals surface area contributed by atoms with E-state index in [1.165, 1.54) is 19.2 Å². The van der Waals surface area contributed by atoms with E-state index >= 15 is 0 Å². The van der Waals surface area contributed by atoms with Crippen LogP contribution in [0.3, 0.4) is 0 Å². The molecule has 2 aliphatic rings. The monoisotopic (exact) mass is 425 g/mol. The second-order valence-corrected chi connectivity index (χ2v) is 9.19. The highest BCUT2D eigenvalue weighted by Crippen LogP contribution is 2.25. The molecule has 2 saturated heterocycles. The largest absolute Gasteiger partial charge is 0.496 e. The van der Waals surface area contributed by atoms with Crippen molar-refractivity contribution in [2.75, 3.05) is 59.6 Å². The molecule has 0 radical (unpaired) electrons. The average molecular weight is 426 g/mol. The minimum Gasteiger partial charge on any atom is -0.496 e. The number of amides is 1. The van der Waals surface area contributed by atoms with Gasteiger partial charge in [-0.25, -0.2) is 13.1 Å². The number of carbonyl (C=O) groups is 1. The molecule has 8 nitrogen and oxygen atoms in total. The number of piperidine rings is 1. The van der Waals surface area contributed by atoms with Crippen LogP contribution >= 0.6 is 0 Å². The molecule has 0 atom stereocenters. The fourth-order valence-corrected chi connectivity index (χ4v) is 4.81. The van der Waals surface area contributed by atoms with Crippen LogP contribution in [0.15, 0.2) is 23.1 Å². The van der Waals surface area contributed by atoms with Crippen molar-refractivity contribution in [2.24, 2.45) is 0 Å². The Hall–Kier alpha value is -1.68. The number of nitrogens with one attached hydrogen (secondary N) is 1. The van der Waals surface area contributed by atoms with Gasteiger partial charge in [0, 0.05) is 32.7 Å². The van der Waals surface area contributed by atoms with Gasteiger partial charge in [0.1, 0.15) is 5.75 Å². The number of rotatable bonds is 8. The van der Waals surface area contributed by atoms with Gasteiger partial charge in [-0.05, 0) is 50.4 Å². The second kappa shape index (κ2) is 10.4. The summed E-state index contributed by atoms with van der Waals surface area (Å²) in [4.78, 5) is 17.0. The molecular weight excluding hydrogens is 394 g/mol. The van der Waals surface area contributed by atoms with E-state index in [0.29, 0.717) is 30.9 Å². The van der Waals surface area contributed by atoms with Gasteiger partial charge in [0.05, 0.1) is 30.8 Å². The summed E-state index contributed by atoms with van der Waals surface area (Å²) in [5.74, 6) is 0.220. The number of morpholine rings is 1. The molecule has 0 spiro atoms. The molecule has 0 unspecified atom stereocenters. The zero-order chi connectivity index (χ0) is 20.7. The third-order valence-corrected chi connectivity index (χ3v) is 6.86. The van der Waals surface area contributed by atoms with Gasteiger partial charge in [-0.1, -0.05) is 0 Å². The number of benzene rings is 1. The Kier molecular flexibility index (Phi) is 7.88. The molecular formula is C20H31N3O5S. The lowest BCUT2D eigenvalue weighted by atomic mass is 10.1. The Labute approximate surface area is 173 Å². The first-order valence-electron chi connectivity index (χ1n) is 10.3. The van der Waals surface area contributed by atoms with Gasteiger partial charge in [-0.2, -0.15) is 0 Å². The molecule has 0 aliphatic carbocycles. The van der Waals surface area contributed by atoms with E-state index < -0.39 is 10.0 Å². The third kappa shape index (κ3) is 5.91. The van der Waals surface area contributed by atoms with Crippen LogP contribution in [0.4, 0.5) is 0 Å². The maximum Gasteiger partial charge on any atom is 0.257 e. The molecule has 162 valence electrons. The molecule has 3 rings (SSSR count). The minimum absolute atomic E-state index is 0.0880. The Morgan fingerprint density at radius 3 is 2.55 bits per heavy atom. The maximum absolute atomic E-state index is 12.9. The lowest BCUT2D eigenvalue weighted by Crippen LogP contribution is -2.38. The number of methoxy groups -OCH3 is 1. The molecule has 1 amide bonds. The summed E-state index contributed by atoms with van der Waals surface area (Å²) in [6.07, 6.45) is 3.77. The van der Waals surface area contributed by atoms with Crippen LogP contribution in [0.25, 0.3) is 0 Å². The molecule has 1 aromatic rings. The standard InChI is InChI=1S/C20H31N3O5S/c1-27-19-7-6-17(16-18(19)20(24)23-10-3-2-4-11-23)29(25,26)21-8-5-9-22-12-14-28-15-13-22/h6-7,16,21H,2-5,8-15H2,1H3. The predicted octanol–water partition coefficient (Wildman–Crippen LogP) is 1.32. The van der Waals surface area contributed by atoms with Crippen molar-refractivity contribution < 1.29 is 22.7 Å². The van der Waals surface area contributed by atoms with Gasteiger partial charge in [-0.3, -0.25) is 9.69 Å². The highest BCUT2D eigenvalue weighted by atomic mass is 32.2. The number of ether oxygens (including phenoxy) is 2. The molecule has 0 saturated carbocycles. The van der Waals surface area contributed by atoms with Gasteiger partial charge in [0.25, 0.3) is 5.91 Å². The molecule has 0 bridgehead atoms. The topological polar surface area (TPSA) is 88.2 Å². The first kappa shape index (κ1) is 22.0. The SMILES string of the molecule is COc1ccc(S(=O)(=O)NCCCN2CCOCC2)cc1C(=O)N1CCCCC1. The predicted molar refractivity (Wildman–Crippen MR) is 110 cm³/mol. The maximum atomic E-state index is 12.9. The number of hydrogen-bond acceptors (Lipinski definition) is 6. The van der Waals surface area contributed by atoms with Crippen LogP contribution in [0, 0.1) is 0 Å². The summed E-state index contributed by atoms with van der Waals surface area (Å²) in [6, 6.07) is 4.47. The number of nitrogens with zero attached hydrogens (tertiary/aromatic N) is 2. The number of hydrogen-bond donors (Lipinski definition) is 1. The Morgan fingerprint density at radius 1 is 1.14 bits per heavy atom. The van der Waals surface area contributed by atoms with Crippen molar-refractivity contribution in [3.63, 3.8) is 0 Å². The second-order valence-electron chi connectivity index (χ2n) is 7.42. The zero-order valence-electron chi connectivity index (χ0n) is 17.1. The van der Waals surface area contributed by atoms with E-state index in [4.69, 9.17) is 9.47 Å². The molecule has 29 heavy (non-hydrogen) atoms. The Bertz CT molecular complexity index is 787. The smallest absolute Gasteiger partial charge is 0.257 e. The van der Waals surface area contributed by atoms with Crippen LogP contribution in [-0.4, -0.2) is 83.7 Å². The first-order chi connectivity index (χ1) is 14.0. The fraction of sp³-hybridized carbons (Fsp3) is 0.650. The zero-order valence-corrected chi connectivity index (χ0v) is 17.9. The van der Waals surface area contributed by atoms with Crippen molar-refractivity contribution in [2.45, 2.75) is 30.6 Å². The van der Waals surface area contributed by atoms with E-state index in [0.717, 1.165) is 58.5 Å². The molecule has 1 aromatic carbocycles. The van der Waals surface area contributed by atoms with Crippen LogP contribution in [0.2, 0.25) is 0 Å². The first-order valence-corrected chi connectivity index (χ1v) is 11.8. The molecule has 2 aliphatic heterocycles. The Balaban J connectivity index is 1.64. The van der Waals surface area contributed by atoms with E-state index in [2.05, 4.69) is 9.62 Å². The van der Waals surface area contributed by atoms with Gasteiger partial charge >= 0.3 is 0 Å². The fourth-order valence-electron chi connectivity index (χ4n) is 3.71. The van der Waals surface area contributed by atoms with E-state index in [1.54, 1.807) is 11.0 Å². The van der Waals surface area contributed by atoms with Crippen molar-refractivity contribution >= 4 is 15.9 Å². The van der Waals surface area contributed by atoms with Gasteiger partial charge in [0.15, 0.2) is 0 Å². The van der Waals surface area contributed by atoms with Crippen LogP contribution in [0.5, 0.6) is 5.75 Å². The van der Waals surface area contributed by atoms with Crippen LogP contribution in [-0.2, 0) is 14.8 Å². The van der Waals surface area contributed by atoms with Gasteiger partial charge in [-0.15, -0.1) is 0 Å². The van der Waals surface area contributed by atoms with Crippen molar-refractivity contribution in [1.29, 1.82) is 0 Å². The van der Waals surface area contributed by atoms with E-state index in [1.807, 2.05) is 0 Å². The van der Waals surface area contributed by atoms with Crippen molar-refractivity contribution in [3.8, 4) is 5.75 Å². The molecule has 9 heteroatoms. The normalized spacial score (nSPS) is 18.6. The summed E-state index contributed by atoms with van der Waals surface area (Å²) in [5.41, 5.74) is 0.297. The molecule has 2 fully saturated rings. The van der Waals surface area contributed by atoms with Crippen molar-refractivity contribution in [1.82, 2.24) is 14.5 Å². The average Bonchev–Trinajstić information content (AvgIpc) is 2.77. The summed E-state index contributed by atoms with van der Waals surface area (Å²) < 4.78 is 38.7. The van der Waals surface area contributed by atoms with E-state index in [-0.39, 0.29) is 10.8 Å². The quantitative estimate of drug-likeness (QED) is 0.632. The van der Waals surface area contributed by atoms with Crippen molar-refractivity contribution in [3.05, 3.63) is 23.8 Å². The molecule has 1 N–H and O–H groups in total. The van der Waals surface area contributed by atoms with Gasteiger partial charge < -0.3 is 14.4 Å². The highest BCUT2D eigenvalue weighted by molar-refractivity contribution is 7.89. The minimum atomic E-state index is -3.69. The molecule has 0 aromatic heterocycles. The van der Waals surface area contributed by atoms with E-state index in [9.17, 15) is 13.2 Å². The Morgan fingerprint density at radius 2 is 1.86 bits per heavy atom. The molecule has 2 heterocycles. The van der Waals surface area contributed by atoms with Crippen LogP contribution in [0.1, 0.15) is 36.0 Å². The number of carbonyl (C=O) groups excluding carboxylic acids is 1. The summed E-state index contributed by atoms with van der Waals surface area (Å²) in [7, 11) is -2.21. The summed E-state index contributed by atoms with van der Waals surface area (Å²) in [5, 5.41) is 0. The number of likely N-dealkylation sites (tertiary alicyclic amines) is 1. The van der Waals surface area contributed by atoms with Crippen LogP contribution < -0.4 is 9.46 Å². The lowest BCUT2D eigenvalue weighted by molar-refractivity contribution is 0.0376. The lowest BCUT2D eigenvalue weighted by Gasteiger charge is -2.27. The summed E-state index contributed by atoms with van der Waals surface area (Å²) in [6.45, 7) is 5.78. The van der Waals surface area contributed by atoms with Gasteiger partial charge in [0.2, 0.25) is 10.0 Å².